The molecule has 0 spiro atoms. The van der Waals surface area contributed by atoms with E-state index in [1.807, 2.05) is 0 Å². The molecule has 2 saturated carbocycles. The van der Waals surface area contributed by atoms with Crippen molar-refractivity contribution in [2.24, 2.45) is 16.7 Å². The van der Waals surface area contributed by atoms with E-state index in [2.05, 4.69) is 26.1 Å². The summed E-state index contributed by atoms with van der Waals surface area (Å²) in [6.45, 7) is 15.1. The molecule has 7 rings (SSSR count). The minimum Gasteiger partial charge on any atom is -0.458 e. The average molecular weight is 986 g/mol. The number of ketones is 1. The van der Waals surface area contributed by atoms with Crippen LogP contribution in [0.4, 0.5) is 0 Å². The van der Waals surface area contributed by atoms with Gasteiger partial charge in [0.1, 0.15) is 18.3 Å². The Balaban J connectivity index is 1.42. The van der Waals surface area contributed by atoms with Crippen LogP contribution in [-0.4, -0.2) is 109 Å². The van der Waals surface area contributed by atoms with E-state index in [0.29, 0.717) is 23.7 Å². The van der Waals surface area contributed by atoms with Gasteiger partial charge in [0, 0.05) is 44.1 Å². The summed E-state index contributed by atoms with van der Waals surface area (Å²) < 4.78 is 39.0. The van der Waals surface area contributed by atoms with Crippen molar-refractivity contribution in [3.05, 3.63) is 119 Å². The predicted octanol–water partition coefficient (Wildman–Crippen LogP) is 7.16. The Kier molecular flexibility index (Phi) is 15.2. The van der Waals surface area contributed by atoms with Gasteiger partial charge in [-0.2, -0.15) is 0 Å². The molecule has 0 unspecified atom stereocenters. The monoisotopic (exact) mass is 985 g/mol. The van der Waals surface area contributed by atoms with Crippen LogP contribution in [0.2, 0.25) is 18.1 Å². The number of nitrogens with one attached hydrogen (secondary N) is 1. The summed E-state index contributed by atoms with van der Waals surface area (Å²) in [6, 6.07) is 25.7. The highest BCUT2D eigenvalue weighted by atomic mass is 28.4. The van der Waals surface area contributed by atoms with E-state index in [0.717, 1.165) is 6.92 Å². The largest absolute Gasteiger partial charge is 0.458 e. The second kappa shape index (κ2) is 20.3. The number of benzene rings is 3. The molecule has 70 heavy (non-hydrogen) atoms. The van der Waals surface area contributed by atoms with Crippen molar-refractivity contribution >= 4 is 43.9 Å². The molecule has 0 aromatic heterocycles. The van der Waals surface area contributed by atoms with Gasteiger partial charge in [-0.25, -0.2) is 9.59 Å². The molecular weight excluding hydrogens is 919 g/mol. The number of Topliss-reactive ketones (excluding diaryl/α,β-unsaturated/α-hetero) is 1. The molecule has 3 N–H and O–H groups in total. The number of amides is 1. The summed E-state index contributed by atoms with van der Waals surface area (Å²) in [5.74, 6) is -5.94. The van der Waals surface area contributed by atoms with E-state index in [4.69, 9.17) is 28.1 Å². The first-order valence-corrected chi connectivity index (χ1v) is 26.8. The summed E-state index contributed by atoms with van der Waals surface area (Å²) >= 11 is 0. The molecule has 4 aliphatic rings. The first-order valence-electron chi connectivity index (χ1n) is 24.3. The van der Waals surface area contributed by atoms with Crippen molar-refractivity contribution in [1.29, 1.82) is 0 Å². The highest BCUT2D eigenvalue weighted by Gasteiger charge is 2.75. The average Bonchev–Trinajstić information content (AvgIpc) is 3.34. The zero-order valence-corrected chi connectivity index (χ0v) is 42.5. The Bertz CT molecular complexity index is 2470. The number of carbonyl (C=O) groups excluding carboxylic acids is 6. The molecule has 0 radical (unpaired) electrons. The quantitative estimate of drug-likeness (QED) is 0.0598. The van der Waals surface area contributed by atoms with Gasteiger partial charge in [0.15, 0.2) is 31.9 Å². The van der Waals surface area contributed by atoms with E-state index in [9.17, 15) is 34.2 Å². The number of ether oxygens (including phenoxy) is 5. The number of aliphatic hydroxyl groups is 2. The zero-order chi connectivity index (χ0) is 51.0. The summed E-state index contributed by atoms with van der Waals surface area (Å²) in [5.41, 5.74) is -5.68. The van der Waals surface area contributed by atoms with Crippen LogP contribution in [0.3, 0.4) is 0 Å². The number of carbonyl (C=O) groups is 6. The molecule has 3 aliphatic carbocycles. The summed E-state index contributed by atoms with van der Waals surface area (Å²) in [7, 11) is -2.63. The molecule has 15 nitrogen and oxygen atoms in total. The van der Waals surface area contributed by atoms with Gasteiger partial charge in [0.05, 0.1) is 41.3 Å². The van der Waals surface area contributed by atoms with Gasteiger partial charge in [-0.05, 0) is 73.0 Å². The lowest BCUT2D eigenvalue weighted by Gasteiger charge is -2.64. The van der Waals surface area contributed by atoms with E-state index in [1.54, 1.807) is 119 Å². The van der Waals surface area contributed by atoms with E-state index in [1.165, 1.54) is 6.92 Å². The number of esters is 4. The lowest BCUT2D eigenvalue weighted by atomic mass is 9.52. The predicted molar refractivity (Wildman–Crippen MR) is 258 cm³/mol. The lowest BCUT2D eigenvalue weighted by Crippen LogP contribution is -2.78. The van der Waals surface area contributed by atoms with Crippen LogP contribution in [0.25, 0.3) is 0 Å². The van der Waals surface area contributed by atoms with E-state index >= 15 is 4.79 Å². The first-order chi connectivity index (χ1) is 33.1. The molecule has 1 saturated heterocycles. The van der Waals surface area contributed by atoms with Crippen molar-refractivity contribution in [2.75, 3.05) is 6.61 Å². The highest BCUT2D eigenvalue weighted by Crippen LogP contribution is 2.63. The third kappa shape index (κ3) is 9.40. The van der Waals surface area contributed by atoms with Crippen LogP contribution in [-0.2, 0) is 47.3 Å². The Morgan fingerprint density at radius 2 is 1.43 bits per heavy atom. The molecule has 2 bridgehead atoms. The Hall–Kier alpha value is -5.52. The van der Waals surface area contributed by atoms with Crippen LogP contribution in [0, 0.1) is 16.7 Å². The Morgan fingerprint density at radius 1 is 0.857 bits per heavy atom. The van der Waals surface area contributed by atoms with Crippen LogP contribution in [0.1, 0.15) is 114 Å². The van der Waals surface area contributed by atoms with Gasteiger partial charge in [-0.1, -0.05) is 101 Å². The number of fused-ring (bicyclic) bond motifs is 5. The van der Waals surface area contributed by atoms with Gasteiger partial charge in [0.25, 0.3) is 5.91 Å². The van der Waals surface area contributed by atoms with Crippen LogP contribution in [0.5, 0.6) is 0 Å². The van der Waals surface area contributed by atoms with Crippen molar-refractivity contribution in [2.45, 2.75) is 154 Å². The minimum atomic E-state index is -2.63. The number of hydrogen-bond acceptors (Lipinski definition) is 14. The fourth-order valence-electron chi connectivity index (χ4n) is 11.8. The maximum absolute atomic E-state index is 16.5. The molecule has 1 amide bonds. The topological polar surface area (TPSA) is 210 Å². The molecule has 16 heteroatoms. The van der Waals surface area contributed by atoms with Crippen LogP contribution in [0.15, 0.2) is 102 Å². The minimum absolute atomic E-state index is 0.0973. The Morgan fingerprint density at radius 3 is 1.96 bits per heavy atom. The van der Waals surface area contributed by atoms with Crippen LogP contribution >= 0.6 is 0 Å². The summed E-state index contributed by atoms with van der Waals surface area (Å²) in [6.07, 6.45) is -9.00. The molecular formula is C54H67NO14Si. The van der Waals surface area contributed by atoms with E-state index < -0.39 is 121 Å². The smallest absolute Gasteiger partial charge is 0.338 e. The molecule has 376 valence electrons. The normalized spacial score (nSPS) is 30.0. The third-order valence-electron chi connectivity index (χ3n) is 16.0. The zero-order valence-electron chi connectivity index (χ0n) is 41.5. The number of aliphatic hydroxyl groups excluding tert-OH is 1. The van der Waals surface area contributed by atoms with Crippen LogP contribution < -0.4 is 5.32 Å². The molecule has 3 fully saturated rings. The molecule has 1 aliphatic heterocycles. The molecule has 3 aromatic carbocycles. The van der Waals surface area contributed by atoms with Gasteiger partial charge in [-0.15, -0.1) is 0 Å². The van der Waals surface area contributed by atoms with Crippen molar-refractivity contribution in [3.63, 3.8) is 0 Å². The van der Waals surface area contributed by atoms with Gasteiger partial charge < -0.3 is 43.6 Å². The van der Waals surface area contributed by atoms with Gasteiger partial charge in [0.2, 0.25) is 0 Å². The maximum Gasteiger partial charge on any atom is 0.338 e. The van der Waals surface area contributed by atoms with Crippen molar-refractivity contribution < 1.29 is 67.1 Å². The fourth-order valence-corrected chi connectivity index (χ4v) is 14.8. The number of hydrogen-bond donors (Lipinski definition) is 3. The molecule has 11 atom stereocenters. The third-order valence-corrected chi connectivity index (χ3v) is 20.7. The summed E-state index contributed by atoms with van der Waals surface area (Å²) in [5, 5.41) is 28.4. The second-order valence-electron chi connectivity index (χ2n) is 20.1. The van der Waals surface area contributed by atoms with Crippen molar-refractivity contribution in [1.82, 2.24) is 5.32 Å². The fraction of sp³-hybridized carbons (Fsp3) is 0.519. The van der Waals surface area contributed by atoms with Gasteiger partial charge >= 0.3 is 23.9 Å². The summed E-state index contributed by atoms with van der Waals surface area (Å²) in [4.78, 5) is 85.9. The number of rotatable bonds is 15. The standard InChI is InChI=1S/C54H67NO14Si/c1-10-70(11-2,12-3)69-40-28-41-54(31-64-41,68-34(6)57)46-39(67-49(61)37-26-20-15-21-27-37)30-53(63)29-38(32(4)42(51(53,7)8)45(65-33(5)56)47(59)52(40,46)9)66-50(62)44(58)43(35-22-16-13-17-23-35)55-48(60)36-24-18-14-19-25-36/h13-27,38-41,43-46,58,63H,10-12,28-31H2,1-9H3,(H,55,60)/t38-,39+,40-,41+,43-,44-,45+,46-,52+,53+,54-/m0/s1/i44+2,50+2. The lowest BCUT2D eigenvalue weighted by molar-refractivity contribution is -0.330. The van der Waals surface area contributed by atoms with Gasteiger partial charge in [-0.3, -0.25) is 19.2 Å². The SMILES string of the molecule is CC[Si](CC)(CC)O[C@H]1C[C@H]2OC[C@@]2(OC(C)=O)[C@H]2[C@H](OC(=O)c3ccccc3)C[C@]3(O)C[C@H](O[14C](=O)[14C@@H](O)[C@@H](NC(=O)c4ccccc4)c4ccccc4)C(C)=C([C@@H](OC(C)=O)C(=O)[C@]12C)C3(C)C. The maximum atomic E-state index is 16.5. The molecule has 3 aromatic rings. The van der Waals surface area contributed by atoms with E-state index in [-0.39, 0.29) is 41.7 Å². The second-order valence-corrected chi connectivity index (χ2v) is 24.8. The molecule has 1 heterocycles. The Labute approximate surface area is 410 Å². The first kappa shape index (κ1) is 52.3. The highest BCUT2D eigenvalue weighted by molar-refractivity contribution is 6.73. The van der Waals surface area contributed by atoms with Crippen molar-refractivity contribution in [3.8, 4) is 0 Å².